The van der Waals surface area contributed by atoms with E-state index in [1.54, 1.807) is 25.7 Å². The zero-order valence-corrected chi connectivity index (χ0v) is 16.9. The Labute approximate surface area is 151 Å². The predicted octanol–water partition coefficient (Wildman–Crippen LogP) is 6.03. The summed E-state index contributed by atoms with van der Waals surface area (Å²) < 4.78 is 5.53. The third-order valence-corrected chi connectivity index (χ3v) is 7.26. The molecule has 0 atom stereocenters. The highest BCUT2D eigenvalue weighted by Gasteiger charge is 2.34. The van der Waals surface area contributed by atoms with Crippen molar-refractivity contribution >= 4 is 0 Å². The maximum Gasteiger partial charge on any atom is 0.0571 e. The molecular weight excluding hydrogens is 296 g/mol. The maximum atomic E-state index is 5.53. The molecule has 0 aromatic carbocycles. The van der Waals surface area contributed by atoms with Crippen LogP contribution in [0.25, 0.3) is 0 Å². The third-order valence-electron chi connectivity index (χ3n) is 7.26. The molecule has 0 aromatic rings. The molecule has 0 aromatic heterocycles. The van der Waals surface area contributed by atoms with Gasteiger partial charge in [-0.25, -0.2) is 0 Å². The summed E-state index contributed by atoms with van der Waals surface area (Å²) in [6.07, 6.45) is 18.4. The average Bonchev–Trinajstić information content (AvgIpc) is 2.64. The van der Waals surface area contributed by atoms with E-state index in [-0.39, 0.29) is 5.48 Å². The van der Waals surface area contributed by atoms with Gasteiger partial charge in [-0.1, -0.05) is 33.6 Å². The van der Waals surface area contributed by atoms with Gasteiger partial charge in [0.05, 0.1) is 6.10 Å². The van der Waals surface area contributed by atoms with Crippen molar-refractivity contribution in [1.82, 2.24) is 0 Å². The van der Waals surface area contributed by atoms with E-state index < -0.39 is 0 Å². The van der Waals surface area contributed by atoms with Gasteiger partial charge in [0, 0.05) is 7.11 Å². The molecule has 2 heteroatoms. The van der Waals surface area contributed by atoms with Gasteiger partial charge in [-0.15, -0.1) is 0 Å². The van der Waals surface area contributed by atoms with Gasteiger partial charge >= 0.3 is 0 Å². The summed E-state index contributed by atoms with van der Waals surface area (Å²) in [6, 6.07) is 0. The van der Waals surface area contributed by atoms with Crippen molar-refractivity contribution in [1.29, 1.82) is 0 Å². The Kier molecular flexibility index (Phi) is 10.5. The fourth-order valence-electron chi connectivity index (χ4n) is 5.64. The van der Waals surface area contributed by atoms with Crippen LogP contribution in [-0.2, 0) is 4.74 Å². The Balaban J connectivity index is 0.000000925. The van der Waals surface area contributed by atoms with Crippen LogP contribution in [0.4, 0.5) is 0 Å². The van der Waals surface area contributed by atoms with Crippen molar-refractivity contribution in [2.24, 2.45) is 29.6 Å². The zero-order valence-electron chi connectivity index (χ0n) is 16.9. The molecular formula is C22H44O2. The second kappa shape index (κ2) is 11.5. The minimum absolute atomic E-state index is 0. The lowest BCUT2D eigenvalue weighted by molar-refractivity contribution is 0.0357. The van der Waals surface area contributed by atoms with Crippen LogP contribution in [0.3, 0.4) is 0 Å². The monoisotopic (exact) mass is 340 g/mol. The molecule has 0 aliphatic heterocycles. The van der Waals surface area contributed by atoms with Gasteiger partial charge in [-0.3, -0.25) is 0 Å². The Hall–Kier alpha value is -0.0800. The van der Waals surface area contributed by atoms with Gasteiger partial charge in [0.1, 0.15) is 0 Å². The Bertz CT molecular complexity index is 293. The van der Waals surface area contributed by atoms with E-state index in [4.69, 9.17) is 4.74 Å². The van der Waals surface area contributed by atoms with Crippen LogP contribution in [0.1, 0.15) is 97.8 Å². The molecule has 3 saturated carbocycles. The molecule has 3 fully saturated rings. The first-order valence-corrected chi connectivity index (χ1v) is 10.8. The van der Waals surface area contributed by atoms with Crippen LogP contribution >= 0.6 is 0 Å². The SMILES string of the molecule is CC.COC1CCC(C2CCC(C3CCC(C)CC3)CC2)CC1.O. The van der Waals surface area contributed by atoms with E-state index in [1.165, 1.54) is 51.4 Å². The van der Waals surface area contributed by atoms with E-state index in [0.717, 1.165) is 29.6 Å². The van der Waals surface area contributed by atoms with E-state index in [9.17, 15) is 0 Å². The molecule has 0 bridgehead atoms. The summed E-state index contributed by atoms with van der Waals surface area (Å²) in [5, 5.41) is 0. The normalized spacial score (nSPS) is 40.0. The Morgan fingerprint density at radius 1 is 0.542 bits per heavy atom. The lowest BCUT2D eigenvalue weighted by Gasteiger charge is -2.41. The molecule has 3 aliphatic carbocycles. The molecule has 3 aliphatic rings. The fraction of sp³-hybridized carbons (Fsp3) is 1.00. The standard InChI is InChI=1S/C20H36O.C2H6.H2O/c1-15-3-5-16(6-4-15)17-7-9-18(10-8-17)19-11-13-20(21-2)14-12-19;1-2;/h15-20H,3-14H2,1-2H3;1-2H3;1H2. The van der Waals surface area contributed by atoms with Gasteiger partial charge in [-0.05, 0) is 93.8 Å². The number of hydrogen-bond acceptors (Lipinski definition) is 1. The molecule has 2 N–H and O–H groups in total. The summed E-state index contributed by atoms with van der Waals surface area (Å²) >= 11 is 0. The minimum atomic E-state index is 0. The van der Waals surface area contributed by atoms with Gasteiger partial charge in [0.25, 0.3) is 0 Å². The van der Waals surface area contributed by atoms with Crippen molar-refractivity contribution in [2.75, 3.05) is 7.11 Å². The van der Waals surface area contributed by atoms with Gasteiger partial charge in [0.15, 0.2) is 0 Å². The molecule has 0 unspecified atom stereocenters. The van der Waals surface area contributed by atoms with Crippen molar-refractivity contribution in [3.8, 4) is 0 Å². The third kappa shape index (κ3) is 6.02. The molecule has 0 saturated heterocycles. The summed E-state index contributed by atoms with van der Waals surface area (Å²) in [4.78, 5) is 0. The first kappa shape index (κ1) is 22.0. The molecule has 0 radical (unpaired) electrons. The molecule has 3 rings (SSSR count). The van der Waals surface area contributed by atoms with E-state index in [1.807, 2.05) is 21.0 Å². The van der Waals surface area contributed by atoms with Crippen LogP contribution in [0.2, 0.25) is 0 Å². The minimum Gasteiger partial charge on any atom is -0.412 e. The first-order chi connectivity index (χ1) is 11.3. The van der Waals surface area contributed by atoms with Crippen LogP contribution in [0.5, 0.6) is 0 Å². The summed E-state index contributed by atoms with van der Waals surface area (Å²) in [5.41, 5.74) is 0. The van der Waals surface area contributed by atoms with Gasteiger partial charge in [-0.2, -0.15) is 0 Å². The predicted molar refractivity (Wildman–Crippen MR) is 104 cm³/mol. The number of ether oxygens (including phenoxy) is 1. The quantitative estimate of drug-likeness (QED) is 0.618. The van der Waals surface area contributed by atoms with E-state index in [0.29, 0.717) is 6.10 Å². The van der Waals surface area contributed by atoms with E-state index in [2.05, 4.69) is 6.92 Å². The smallest absolute Gasteiger partial charge is 0.0571 e. The summed E-state index contributed by atoms with van der Waals surface area (Å²) in [5.74, 6) is 5.27. The maximum absolute atomic E-state index is 5.53. The van der Waals surface area contributed by atoms with Crippen molar-refractivity contribution in [3.05, 3.63) is 0 Å². The van der Waals surface area contributed by atoms with E-state index >= 15 is 0 Å². The number of rotatable bonds is 3. The van der Waals surface area contributed by atoms with Gasteiger partial charge in [0.2, 0.25) is 0 Å². The van der Waals surface area contributed by atoms with Gasteiger partial charge < -0.3 is 10.2 Å². The van der Waals surface area contributed by atoms with Crippen LogP contribution in [-0.4, -0.2) is 18.7 Å². The summed E-state index contributed by atoms with van der Waals surface area (Å²) in [6.45, 7) is 6.45. The van der Waals surface area contributed by atoms with Crippen LogP contribution in [0, 0.1) is 29.6 Å². The fourth-order valence-corrected chi connectivity index (χ4v) is 5.64. The average molecular weight is 341 g/mol. The lowest BCUT2D eigenvalue weighted by atomic mass is 9.65. The van der Waals surface area contributed by atoms with Crippen molar-refractivity contribution in [3.63, 3.8) is 0 Å². The van der Waals surface area contributed by atoms with Crippen LogP contribution < -0.4 is 0 Å². The molecule has 2 nitrogen and oxygen atoms in total. The van der Waals surface area contributed by atoms with Crippen molar-refractivity contribution < 1.29 is 10.2 Å². The largest absolute Gasteiger partial charge is 0.412 e. The lowest BCUT2D eigenvalue weighted by Crippen LogP contribution is -2.30. The molecule has 0 amide bonds. The highest BCUT2D eigenvalue weighted by atomic mass is 16.5. The number of methoxy groups -OCH3 is 1. The topological polar surface area (TPSA) is 40.7 Å². The van der Waals surface area contributed by atoms with Crippen molar-refractivity contribution in [2.45, 2.75) is 104 Å². The summed E-state index contributed by atoms with van der Waals surface area (Å²) in [7, 11) is 1.89. The Morgan fingerprint density at radius 2 is 0.833 bits per heavy atom. The first-order valence-electron chi connectivity index (χ1n) is 10.8. The van der Waals surface area contributed by atoms with Crippen LogP contribution in [0.15, 0.2) is 0 Å². The molecule has 0 spiro atoms. The molecule has 144 valence electrons. The highest BCUT2D eigenvalue weighted by molar-refractivity contribution is 4.85. The molecule has 0 heterocycles. The second-order valence-electron chi connectivity index (χ2n) is 8.47. The second-order valence-corrected chi connectivity index (χ2v) is 8.47. The highest BCUT2D eigenvalue weighted by Crippen LogP contribution is 2.45. The number of hydrogen-bond donors (Lipinski definition) is 0. The molecule has 24 heavy (non-hydrogen) atoms. The zero-order chi connectivity index (χ0) is 16.7. The Morgan fingerprint density at radius 3 is 1.17 bits per heavy atom.